The average molecular weight is 435 g/mol. The number of hydrogen-bond donors (Lipinski definition) is 1. The Balaban J connectivity index is 1.57. The largest absolute Gasteiger partial charge is 0.444 e. The molecule has 0 bridgehead atoms. The van der Waals surface area contributed by atoms with Crippen LogP contribution in [0.4, 0.5) is 10.6 Å². The fraction of sp³-hybridized carbons (Fsp3) is 0.474. The predicted molar refractivity (Wildman–Crippen MR) is 107 cm³/mol. The summed E-state index contributed by atoms with van der Waals surface area (Å²) in [6, 6.07) is 3.39. The van der Waals surface area contributed by atoms with Crippen molar-refractivity contribution >= 4 is 38.2 Å². The lowest BCUT2D eigenvalue weighted by atomic mass is 9.93. The maximum absolute atomic E-state index is 12.2. The van der Waals surface area contributed by atoms with Crippen molar-refractivity contribution in [3.05, 3.63) is 35.7 Å². The number of anilines is 1. The number of carbonyl (C=O) groups excluding carboxylic acids is 2. The zero-order valence-corrected chi connectivity index (χ0v) is 17.4. The summed E-state index contributed by atoms with van der Waals surface area (Å²) in [5.74, 6) is 0.767. The molecule has 1 N–H and O–H groups in total. The normalized spacial score (nSPS) is 20.6. The Hall–Kier alpha value is -2.22. The number of ether oxygens (including phenoxy) is 1. The van der Waals surface area contributed by atoms with E-state index in [9.17, 15) is 9.59 Å². The third-order valence-corrected chi connectivity index (χ3v) is 4.71. The van der Waals surface area contributed by atoms with Gasteiger partial charge < -0.3 is 15.0 Å². The van der Waals surface area contributed by atoms with Crippen LogP contribution in [0.15, 0.2) is 35.1 Å². The number of Topliss-reactive ketones (excluding diaryl/α,β-unsaturated/α-hetero) is 1. The highest BCUT2D eigenvalue weighted by atomic mass is 79.9. The maximum atomic E-state index is 12.2. The van der Waals surface area contributed by atoms with E-state index in [2.05, 4.69) is 31.2 Å². The molecule has 27 heavy (non-hydrogen) atoms. The van der Waals surface area contributed by atoms with Crippen LogP contribution in [0.3, 0.4) is 0 Å². The predicted octanol–water partition coefficient (Wildman–Crippen LogP) is 3.48. The van der Waals surface area contributed by atoms with Gasteiger partial charge in [0.25, 0.3) is 0 Å². The van der Waals surface area contributed by atoms with Gasteiger partial charge in [0.2, 0.25) is 5.78 Å². The summed E-state index contributed by atoms with van der Waals surface area (Å²) in [6.45, 7) is 8.56. The van der Waals surface area contributed by atoms with E-state index in [0.717, 1.165) is 5.56 Å². The van der Waals surface area contributed by atoms with Crippen molar-refractivity contribution < 1.29 is 14.3 Å². The standard InChI is InChI=1S/C19H23BrN4O3/c1-11-17(25)14(7-15(20)22-11)23-16-6-5-12(8-21-16)13-9-24(10-13)18(26)27-19(2,3)4/h5-8,11,13H,9-10H2,1-4H3,(H,21,23). The number of allylic oxidation sites excluding steroid dienone is 1. The summed E-state index contributed by atoms with van der Waals surface area (Å²) < 4.78 is 6.00. The molecule has 1 aromatic heterocycles. The Labute approximate surface area is 167 Å². The van der Waals surface area contributed by atoms with E-state index in [0.29, 0.717) is 29.2 Å². The molecule has 0 saturated carbocycles. The monoisotopic (exact) mass is 434 g/mol. The summed E-state index contributed by atoms with van der Waals surface area (Å²) in [4.78, 5) is 34.4. The molecule has 0 aromatic carbocycles. The van der Waals surface area contributed by atoms with E-state index in [1.54, 1.807) is 24.1 Å². The van der Waals surface area contributed by atoms with Crippen LogP contribution in [0, 0.1) is 0 Å². The Morgan fingerprint density at radius 3 is 2.63 bits per heavy atom. The van der Waals surface area contributed by atoms with Crippen LogP contribution in [0.25, 0.3) is 0 Å². The lowest BCUT2D eigenvalue weighted by Crippen LogP contribution is -2.50. The first kappa shape index (κ1) is 19.5. The molecule has 1 unspecified atom stereocenters. The van der Waals surface area contributed by atoms with Crippen LogP contribution in [0.5, 0.6) is 0 Å². The highest BCUT2D eigenvalue weighted by molar-refractivity contribution is 9.18. The molecule has 1 saturated heterocycles. The van der Waals surface area contributed by atoms with Gasteiger partial charge in [-0.15, -0.1) is 0 Å². The minimum atomic E-state index is -0.487. The van der Waals surface area contributed by atoms with Gasteiger partial charge in [0, 0.05) is 25.2 Å². The molecule has 7 nitrogen and oxygen atoms in total. The van der Waals surface area contributed by atoms with E-state index >= 15 is 0 Å². The maximum Gasteiger partial charge on any atom is 0.410 e. The van der Waals surface area contributed by atoms with Crippen molar-refractivity contribution in [1.29, 1.82) is 0 Å². The van der Waals surface area contributed by atoms with Crippen LogP contribution < -0.4 is 5.32 Å². The van der Waals surface area contributed by atoms with Gasteiger partial charge in [0.15, 0.2) is 0 Å². The number of aliphatic imine (C=N–C) groups is 1. The number of amides is 1. The lowest BCUT2D eigenvalue weighted by Gasteiger charge is -2.39. The zero-order valence-electron chi connectivity index (χ0n) is 15.8. The number of nitrogens with one attached hydrogen (secondary N) is 1. The van der Waals surface area contributed by atoms with Gasteiger partial charge >= 0.3 is 6.09 Å². The molecule has 8 heteroatoms. The molecule has 3 heterocycles. The molecule has 0 spiro atoms. The number of pyridine rings is 1. The zero-order chi connectivity index (χ0) is 19.8. The van der Waals surface area contributed by atoms with Crippen LogP contribution in [0.1, 0.15) is 39.2 Å². The molecular formula is C19H23BrN4O3. The van der Waals surface area contributed by atoms with Gasteiger partial charge in [-0.2, -0.15) is 0 Å². The Morgan fingerprint density at radius 1 is 1.33 bits per heavy atom. The molecule has 2 aliphatic heterocycles. The second-order valence-electron chi connectivity index (χ2n) is 7.73. The summed E-state index contributed by atoms with van der Waals surface area (Å²) >= 11 is 3.31. The Morgan fingerprint density at radius 2 is 2.04 bits per heavy atom. The number of aromatic nitrogens is 1. The molecule has 0 aliphatic carbocycles. The highest BCUT2D eigenvalue weighted by Gasteiger charge is 2.34. The fourth-order valence-electron chi connectivity index (χ4n) is 2.82. The first-order valence-corrected chi connectivity index (χ1v) is 9.62. The smallest absolute Gasteiger partial charge is 0.410 e. The lowest BCUT2D eigenvalue weighted by molar-refractivity contribution is -0.116. The minimum Gasteiger partial charge on any atom is -0.444 e. The number of rotatable bonds is 3. The summed E-state index contributed by atoms with van der Waals surface area (Å²) in [7, 11) is 0. The van der Waals surface area contributed by atoms with Crippen molar-refractivity contribution in [3.8, 4) is 0 Å². The van der Waals surface area contributed by atoms with Gasteiger partial charge in [-0.05, 0) is 61.3 Å². The van der Waals surface area contributed by atoms with Gasteiger partial charge in [-0.3, -0.25) is 9.79 Å². The molecular weight excluding hydrogens is 412 g/mol. The molecule has 0 radical (unpaired) electrons. The number of dihydropyridines is 1. The number of nitrogens with zero attached hydrogens (tertiary/aromatic N) is 3. The Kier molecular flexibility index (Phi) is 5.37. The molecule has 3 rings (SSSR count). The van der Waals surface area contributed by atoms with E-state index in [1.807, 2.05) is 32.9 Å². The number of halogens is 1. The SMILES string of the molecule is CC1N=C(Br)C=C(Nc2ccc(C3CN(C(=O)OC(C)(C)C)C3)cn2)C1=O. The number of ketones is 1. The molecule has 1 fully saturated rings. The Bertz CT molecular complexity index is 805. The van der Waals surface area contributed by atoms with Crippen LogP contribution in [0.2, 0.25) is 0 Å². The van der Waals surface area contributed by atoms with Gasteiger partial charge in [0.1, 0.15) is 22.1 Å². The van der Waals surface area contributed by atoms with E-state index < -0.39 is 11.6 Å². The number of carbonyl (C=O) groups is 2. The van der Waals surface area contributed by atoms with E-state index in [4.69, 9.17) is 4.74 Å². The molecule has 1 aromatic rings. The second-order valence-corrected chi connectivity index (χ2v) is 8.55. The topological polar surface area (TPSA) is 83.9 Å². The van der Waals surface area contributed by atoms with Crippen molar-refractivity contribution in [1.82, 2.24) is 9.88 Å². The minimum absolute atomic E-state index is 0.0731. The molecule has 1 amide bonds. The van der Waals surface area contributed by atoms with Crippen LogP contribution in [-0.4, -0.2) is 51.1 Å². The van der Waals surface area contributed by atoms with Crippen molar-refractivity contribution in [2.75, 3.05) is 18.4 Å². The third-order valence-electron chi connectivity index (χ3n) is 4.28. The van der Waals surface area contributed by atoms with Gasteiger partial charge in [-0.1, -0.05) is 6.07 Å². The van der Waals surface area contributed by atoms with Crippen molar-refractivity contribution in [2.45, 2.75) is 45.3 Å². The molecule has 144 valence electrons. The third kappa shape index (κ3) is 4.74. The highest BCUT2D eigenvalue weighted by Crippen LogP contribution is 2.28. The quantitative estimate of drug-likeness (QED) is 0.786. The number of hydrogen-bond acceptors (Lipinski definition) is 6. The van der Waals surface area contributed by atoms with E-state index in [-0.39, 0.29) is 17.8 Å². The first-order valence-electron chi connectivity index (χ1n) is 8.82. The van der Waals surface area contributed by atoms with Crippen molar-refractivity contribution in [3.63, 3.8) is 0 Å². The summed E-state index contributed by atoms with van der Waals surface area (Å²) in [6.07, 6.45) is 3.15. The first-order chi connectivity index (χ1) is 12.6. The van der Waals surface area contributed by atoms with Gasteiger partial charge in [0.05, 0.1) is 5.70 Å². The summed E-state index contributed by atoms with van der Waals surface area (Å²) in [5.41, 5.74) is 1.03. The molecule has 2 aliphatic rings. The van der Waals surface area contributed by atoms with Crippen molar-refractivity contribution in [2.24, 2.45) is 4.99 Å². The fourth-order valence-corrected chi connectivity index (χ4v) is 3.35. The average Bonchev–Trinajstić information content (AvgIpc) is 2.50. The summed E-state index contributed by atoms with van der Waals surface area (Å²) in [5, 5.41) is 3.05. The second kappa shape index (κ2) is 7.42. The van der Waals surface area contributed by atoms with Gasteiger partial charge in [-0.25, -0.2) is 9.78 Å². The molecule has 1 atom stereocenters. The van der Waals surface area contributed by atoms with Crippen LogP contribution in [-0.2, 0) is 9.53 Å². The number of likely N-dealkylation sites (tertiary alicyclic amines) is 1. The van der Waals surface area contributed by atoms with Crippen LogP contribution >= 0.6 is 15.9 Å². The van der Waals surface area contributed by atoms with E-state index in [1.165, 1.54) is 0 Å².